The highest BCUT2D eigenvalue weighted by atomic mass is 32.2. The summed E-state index contributed by atoms with van der Waals surface area (Å²) in [6.07, 6.45) is 4.99. The van der Waals surface area contributed by atoms with E-state index in [9.17, 15) is 0 Å². The normalized spacial score (nSPS) is 16.1. The molecule has 1 aromatic heterocycles. The van der Waals surface area contributed by atoms with Gasteiger partial charge in [0.1, 0.15) is 6.33 Å². The Kier molecular flexibility index (Phi) is 5.57. The third-order valence-electron chi connectivity index (χ3n) is 3.11. The van der Waals surface area contributed by atoms with E-state index < -0.39 is 0 Å². The molecule has 2 heterocycles. The van der Waals surface area contributed by atoms with Crippen LogP contribution in [-0.4, -0.2) is 41.2 Å². The first-order chi connectivity index (χ1) is 9.35. The minimum atomic E-state index is 0.490. The molecule has 1 fully saturated rings. The molecule has 1 aromatic rings. The maximum Gasteiger partial charge on any atom is 0.204 e. The highest BCUT2D eigenvalue weighted by Crippen LogP contribution is 2.31. The molecule has 0 atom stereocenters. The number of methoxy groups -OCH3 is 1. The van der Waals surface area contributed by atoms with E-state index in [1.807, 2.05) is 11.8 Å². The van der Waals surface area contributed by atoms with Crippen LogP contribution in [0.4, 0.5) is 11.6 Å². The zero-order valence-electron chi connectivity index (χ0n) is 11.6. The van der Waals surface area contributed by atoms with Crippen molar-refractivity contribution in [3.63, 3.8) is 0 Å². The summed E-state index contributed by atoms with van der Waals surface area (Å²) in [6.45, 7) is 3.01. The largest absolute Gasteiger partial charge is 0.490 e. The summed E-state index contributed by atoms with van der Waals surface area (Å²) in [4.78, 5) is 8.57. The van der Waals surface area contributed by atoms with Gasteiger partial charge in [0.25, 0.3) is 0 Å². The predicted molar refractivity (Wildman–Crippen MR) is 81.3 cm³/mol. The van der Waals surface area contributed by atoms with E-state index in [-0.39, 0.29) is 0 Å². The maximum absolute atomic E-state index is 5.46. The van der Waals surface area contributed by atoms with Crippen molar-refractivity contribution in [1.82, 2.24) is 9.97 Å². The molecule has 19 heavy (non-hydrogen) atoms. The molecule has 0 radical (unpaired) electrons. The topological polar surface area (TPSA) is 59.1 Å². The molecule has 0 spiro atoms. The van der Waals surface area contributed by atoms with Crippen molar-refractivity contribution in [1.29, 1.82) is 0 Å². The van der Waals surface area contributed by atoms with Gasteiger partial charge in [0, 0.05) is 12.6 Å². The number of ether oxygens (including phenoxy) is 1. The molecule has 2 rings (SSSR count). The summed E-state index contributed by atoms with van der Waals surface area (Å²) in [5, 5.41) is 6.76. The van der Waals surface area contributed by atoms with Crippen molar-refractivity contribution < 1.29 is 4.74 Å². The molecule has 0 aromatic carbocycles. The fourth-order valence-corrected chi connectivity index (χ4v) is 3.18. The third kappa shape index (κ3) is 3.89. The lowest BCUT2D eigenvalue weighted by molar-refractivity contribution is 0.413. The first-order valence-electron chi connectivity index (χ1n) is 6.82. The molecule has 106 valence electrons. The van der Waals surface area contributed by atoms with E-state index in [1.165, 1.54) is 24.3 Å². The lowest BCUT2D eigenvalue weighted by Gasteiger charge is -2.24. The summed E-state index contributed by atoms with van der Waals surface area (Å²) in [6, 6.07) is 0.490. The minimum Gasteiger partial charge on any atom is -0.490 e. The van der Waals surface area contributed by atoms with E-state index >= 15 is 0 Å². The van der Waals surface area contributed by atoms with Crippen LogP contribution in [0.5, 0.6) is 5.75 Å². The van der Waals surface area contributed by atoms with Gasteiger partial charge >= 0.3 is 0 Å². The monoisotopic (exact) mass is 282 g/mol. The van der Waals surface area contributed by atoms with Gasteiger partial charge in [-0.3, -0.25) is 0 Å². The fourth-order valence-electron chi connectivity index (χ4n) is 2.07. The first kappa shape index (κ1) is 14.2. The summed E-state index contributed by atoms with van der Waals surface area (Å²) >= 11 is 2.02. The number of nitrogens with zero attached hydrogens (tertiary/aromatic N) is 2. The van der Waals surface area contributed by atoms with Gasteiger partial charge in [-0.15, -0.1) is 0 Å². The third-order valence-corrected chi connectivity index (χ3v) is 4.16. The van der Waals surface area contributed by atoms with Gasteiger partial charge in [0.15, 0.2) is 11.6 Å². The molecule has 5 nitrogen and oxygen atoms in total. The Bertz CT molecular complexity index is 396. The van der Waals surface area contributed by atoms with Crippen molar-refractivity contribution in [2.75, 3.05) is 35.8 Å². The van der Waals surface area contributed by atoms with Crippen LogP contribution in [0, 0.1) is 0 Å². The molecule has 0 saturated carbocycles. The van der Waals surface area contributed by atoms with Crippen molar-refractivity contribution in [3.05, 3.63) is 6.33 Å². The van der Waals surface area contributed by atoms with Gasteiger partial charge in [-0.25, -0.2) is 9.97 Å². The van der Waals surface area contributed by atoms with E-state index in [0.717, 1.165) is 24.6 Å². The van der Waals surface area contributed by atoms with Crippen LogP contribution >= 0.6 is 11.8 Å². The number of nitrogens with one attached hydrogen (secondary N) is 2. The number of hydrogen-bond acceptors (Lipinski definition) is 6. The van der Waals surface area contributed by atoms with E-state index in [0.29, 0.717) is 11.8 Å². The average molecular weight is 282 g/mol. The van der Waals surface area contributed by atoms with Crippen LogP contribution in [0.3, 0.4) is 0 Å². The molecule has 6 heteroatoms. The maximum atomic E-state index is 5.46. The molecule has 1 aliphatic rings. The zero-order chi connectivity index (χ0) is 13.5. The van der Waals surface area contributed by atoms with E-state index in [2.05, 4.69) is 27.5 Å². The Labute approximate surface area is 118 Å². The highest BCUT2D eigenvalue weighted by Gasteiger charge is 2.18. The second-order valence-corrected chi connectivity index (χ2v) is 5.79. The smallest absolute Gasteiger partial charge is 0.204 e. The highest BCUT2D eigenvalue weighted by molar-refractivity contribution is 7.99. The van der Waals surface area contributed by atoms with Crippen molar-refractivity contribution in [2.24, 2.45) is 0 Å². The molecule has 1 saturated heterocycles. The Morgan fingerprint density at radius 2 is 2.05 bits per heavy atom. The van der Waals surface area contributed by atoms with Crippen molar-refractivity contribution in [3.8, 4) is 5.75 Å². The summed E-state index contributed by atoms with van der Waals surface area (Å²) < 4.78 is 5.46. The summed E-state index contributed by atoms with van der Waals surface area (Å²) in [7, 11) is 1.66. The summed E-state index contributed by atoms with van der Waals surface area (Å²) in [5.41, 5.74) is 0. The van der Waals surface area contributed by atoms with Gasteiger partial charge in [-0.05, 0) is 30.8 Å². The van der Waals surface area contributed by atoms with Gasteiger partial charge in [-0.2, -0.15) is 11.8 Å². The Balaban J connectivity index is 2.09. The molecule has 0 amide bonds. The van der Waals surface area contributed by atoms with Gasteiger partial charge in [0.2, 0.25) is 5.75 Å². The molecular weight excluding hydrogens is 260 g/mol. The van der Waals surface area contributed by atoms with Gasteiger partial charge in [0.05, 0.1) is 7.11 Å². The second kappa shape index (κ2) is 7.43. The van der Waals surface area contributed by atoms with Crippen LogP contribution < -0.4 is 15.4 Å². The van der Waals surface area contributed by atoms with Crippen LogP contribution in [0.1, 0.15) is 26.2 Å². The molecule has 0 unspecified atom stereocenters. The number of thioether (sulfide) groups is 1. The molecular formula is C13H22N4OS. The molecule has 1 aliphatic heterocycles. The van der Waals surface area contributed by atoms with Gasteiger partial charge in [-0.1, -0.05) is 6.92 Å². The number of hydrogen-bond donors (Lipinski definition) is 2. The Morgan fingerprint density at radius 3 is 2.74 bits per heavy atom. The SMILES string of the molecule is CCCNc1ncnc(NC2CCSCC2)c1OC. The quantitative estimate of drug-likeness (QED) is 0.836. The number of aromatic nitrogens is 2. The lowest BCUT2D eigenvalue weighted by atomic mass is 10.1. The number of anilines is 2. The van der Waals surface area contributed by atoms with Crippen LogP contribution in [0.15, 0.2) is 6.33 Å². The van der Waals surface area contributed by atoms with Crippen molar-refractivity contribution >= 4 is 23.4 Å². The molecule has 2 N–H and O–H groups in total. The Hall–Kier alpha value is -1.17. The second-order valence-electron chi connectivity index (χ2n) is 4.56. The minimum absolute atomic E-state index is 0.490. The molecule has 0 aliphatic carbocycles. The van der Waals surface area contributed by atoms with Gasteiger partial charge < -0.3 is 15.4 Å². The Morgan fingerprint density at radius 1 is 1.32 bits per heavy atom. The fraction of sp³-hybridized carbons (Fsp3) is 0.692. The van der Waals surface area contributed by atoms with E-state index in [1.54, 1.807) is 13.4 Å². The predicted octanol–water partition coefficient (Wildman–Crippen LogP) is 2.61. The van der Waals surface area contributed by atoms with Crippen molar-refractivity contribution in [2.45, 2.75) is 32.2 Å². The average Bonchev–Trinajstić information content (AvgIpc) is 2.46. The zero-order valence-corrected chi connectivity index (χ0v) is 12.4. The number of rotatable bonds is 6. The molecule has 0 bridgehead atoms. The lowest BCUT2D eigenvalue weighted by Crippen LogP contribution is -2.25. The van der Waals surface area contributed by atoms with Crippen LogP contribution in [0.25, 0.3) is 0 Å². The first-order valence-corrected chi connectivity index (χ1v) is 7.97. The van der Waals surface area contributed by atoms with E-state index in [4.69, 9.17) is 4.74 Å². The van der Waals surface area contributed by atoms with Crippen LogP contribution in [0.2, 0.25) is 0 Å². The van der Waals surface area contributed by atoms with Crippen LogP contribution in [-0.2, 0) is 0 Å². The standard InChI is InChI=1S/C13H22N4OS/c1-3-6-14-12-11(18-2)13(16-9-15-12)17-10-4-7-19-8-5-10/h9-10H,3-8H2,1-2H3,(H2,14,15,16,17). The summed E-state index contributed by atoms with van der Waals surface area (Å²) in [5.74, 6) is 4.71.